The van der Waals surface area contributed by atoms with Crippen molar-refractivity contribution in [2.24, 2.45) is 0 Å². The van der Waals surface area contributed by atoms with Crippen LogP contribution >= 0.6 is 11.6 Å². The van der Waals surface area contributed by atoms with Crippen LogP contribution in [0, 0.1) is 5.82 Å². The van der Waals surface area contributed by atoms with Crippen LogP contribution in [0.15, 0.2) is 47.5 Å². The molecule has 0 aliphatic carbocycles. The first-order valence-corrected chi connectivity index (χ1v) is 12.3. The monoisotopic (exact) mass is 522 g/mol. The number of halogens is 3. The first-order chi connectivity index (χ1) is 16.9. The normalized spacial score (nSPS) is 13.0. The number of rotatable bonds is 9. The number of aromatic nitrogens is 1. The van der Waals surface area contributed by atoms with Gasteiger partial charge in [-0.25, -0.2) is 13.8 Å². The van der Waals surface area contributed by atoms with E-state index in [4.69, 9.17) is 25.8 Å². The lowest BCUT2D eigenvalue weighted by Gasteiger charge is -2.12. The van der Waals surface area contributed by atoms with Gasteiger partial charge < -0.3 is 19.5 Å². The molecule has 4 rings (SSSR count). The van der Waals surface area contributed by atoms with Gasteiger partial charge in [0.1, 0.15) is 41.4 Å². The number of alkyl halides is 1. The molecule has 0 saturated carbocycles. The zero-order chi connectivity index (χ0) is 24.9. The molecule has 0 spiro atoms. The topological polar surface area (TPSA) is 86.8 Å². The standard InChI is InChI=1S/C24H21ClF2N2O5S/c1-32-20-11-16(3-5-19(20)33-9-7-26)24(30)28-13-35(31)21-12-15-6-8-34-23(15)22(29-21)14-2-4-18(27)17(25)10-14/h2-5,10-12H,6-9,13H2,1H3,(H,28,30). The van der Waals surface area contributed by atoms with E-state index in [-0.39, 0.29) is 33.8 Å². The number of carbonyl (C=O) groups is 1. The third-order valence-corrected chi connectivity index (χ3v) is 6.57. The smallest absolute Gasteiger partial charge is 0.252 e. The summed E-state index contributed by atoms with van der Waals surface area (Å²) in [4.78, 5) is 17.1. The summed E-state index contributed by atoms with van der Waals surface area (Å²) in [6.45, 7) is -0.347. The Morgan fingerprint density at radius 2 is 2.06 bits per heavy atom. The number of methoxy groups -OCH3 is 1. The number of fused-ring (bicyclic) bond motifs is 1. The molecule has 1 amide bonds. The summed E-state index contributed by atoms with van der Waals surface area (Å²) in [5, 5.41) is 2.80. The molecule has 2 aromatic carbocycles. The molecule has 1 N–H and O–H groups in total. The van der Waals surface area contributed by atoms with E-state index in [1.54, 1.807) is 6.07 Å². The Labute approximate surface area is 207 Å². The van der Waals surface area contributed by atoms with Crippen molar-refractivity contribution >= 4 is 28.3 Å². The molecule has 0 bridgehead atoms. The van der Waals surface area contributed by atoms with Crippen LogP contribution in [0.3, 0.4) is 0 Å². The molecule has 35 heavy (non-hydrogen) atoms. The SMILES string of the molecule is COc1cc(C(=O)NCS(=O)c2cc3c(c(-c4ccc(F)c(Cl)c4)n2)OCC3)ccc1OCCF. The largest absolute Gasteiger partial charge is 0.493 e. The van der Waals surface area contributed by atoms with Crippen LogP contribution in [0.5, 0.6) is 17.2 Å². The molecule has 7 nitrogen and oxygen atoms in total. The lowest BCUT2D eigenvalue weighted by atomic mass is 10.1. The van der Waals surface area contributed by atoms with Gasteiger partial charge in [-0.2, -0.15) is 0 Å². The summed E-state index contributed by atoms with van der Waals surface area (Å²) in [6, 6.07) is 10.3. The van der Waals surface area contributed by atoms with Gasteiger partial charge in [-0.05, 0) is 42.5 Å². The molecular formula is C24H21ClF2N2O5S. The van der Waals surface area contributed by atoms with Gasteiger partial charge in [-0.1, -0.05) is 11.6 Å². The minimum atomic E-state index is -1.68. The number of amides is 1. The van der Waals surface area contributed by atoms with E-state index < -0.39 is 29.2 Å². The molecular weight excluding hydrogens is 502 g/mol. The van der Waals surface area contributed by atoms with Gasteiger partial charge in [0, 0.05) is 23.1 Å². The van der Waals surface area contributed by atoms with Gasteiger partial charge in [-0.3, -0.25) is 9.00 Å². The second-order valence-electron chi connectivity index (χ2n) is 7.42. The minimum Gasteiger partial charge on any atom is -0.493 e. The maximum Gasteiger partial charge on any atom is 0.252 e. The van der Waals surface area contributed by atoms with Crippen molar-refractivity contribution in [1.82, 2.24) is 10.3 Å². The highest BCUT2D eigenvalue weighted by Gasteiger charge is 2.23. The van der Waals surface area contributed by atoms with Gasteiger partial charge in [0.25, 0.3) is 5.91 Å². The lowest BCUT2D eigenvalue weighted by Crippen LogP contribution is -2.27. The molecule has 0 radical (unpaired) electrons. The van der Waals surface area contributed by atoms with Crippen LogP contribution in [0.25, 0.3) is 11.3 Å². The van der Waals surface area contributed by atoms with Crippen LogP contribution in [0.2, 0.25) is 5.02 Å². The number of hydrogen-bond acceptors (Lipinski definition) is 6. The molecule has 1 aromatic heterocycles. The zero-order valence-electron chi connectivity index (χ0n) is 18.6. The van der Waals surface area contributed by atoms with Crippen molar-refractivity contribution in [3.8, 4) is 28.5 Å². The number of pyridine rings is 1. The van der Waals surface area contributed by atoms with Crippen molar-refractivity contribution in [1.29, 1.82) is 0 Å². The Hall–Kier alpha value is -3.24. The lowest BCUT2D eigenvalue weighted by molar-refractivity contribution is 0.0960. The predicted octanol–water partition coefficient (Wildman–Crippen LogP) is 4.33. The number of nitrogens with zero attached hydrogens (tertiary/aromatic N) is 1. The third kappa shape index (κ3) is 5.54. The minimum absolute atomic E-state index is 0.0635. The highest BCUT2D eigenvalue weighted by molar-refractivity contribution is 7.84. The van der Waals surface area contributed by atoms with Gasteiger partial charge in [-0.15, -0.1) is 0 Å². The Bertz CT molecular complexity index is 1290. The van der Waals surface area contributed by atoms with Crippen LogP contribution in [-0.2, 0) is 17.2 Å². The van der Waals surface area contributed by atoms with Crippen molar-refractivity contribution in [2.45, 2.75) is 11.4 Å². The average Bonchev–Trinajstić information content (AvgIpc) is 3.35. The van der Waals surface area contributed by atoms with Gasteiger partial charge >= 0.3 is 0 Å². The molecule has 0 saturated heterocycles. The summed E-state index contributed by atoms with van der Waals surface area (Å²) >= 11 is 5.93. The van der Waals surface area contributed by atoms with Gasteiger partial charge in [0.2, 0.25) is 0 Å². The zero-order valence-corrected chi connectivity index (χ0v) is 20.2. The molecule has 0 fully saturated rings. The Morgan fingerprint density at radius 1 is 1.23 bits per heavy atom. The summed E-state index contributed by atoms with van der Waals surface area (Å²) < 4.78 is 55.1. The van der Waals surface area contributed by atoms with E-state index >= 15 is 0 Å². The summed E-state index contributed by atoms with van der Waals surface area (Å²) in [5.41, 5.74) is 2.01. The van der Waals surface area contributed by atoms with E-state index in [0.29, 0.717) is 35.8 Å². The van der Waals surface area contributed by atoms with E-state index in [2.05, 4.69) is 10.3 Å². The molecule has 3 aromatic rings. The fourth-order valence-electron chi connectivity index (χ4n) is 3.51. The second-order valence-corrected chi connectivity index (χ2v) is 9.23. The highest BCUT2D eigenvalue weighted by atomic mass is 35.5. The summed E-state index contributed by atoms with van der Waals surface area (Å²) in [5.74, 6) is -0.117. The van der Waals surface area contributed by atoms with E-state index in [1.165, 1.54) is 43.5 Å². The van der Waals surface area contributed by atoms with E-state index in [1.807, 2.05) is 0 Å². The molecule has 11 heteroatoms. The molecule has 2 heterocycles. The fourth-order valence-corrected chi connectivity index (χ4v) is 4.57. The molecule has 1 aliphatic rings. The fraction of sp³-hybridized carbons (Fsp3) is 0.250. The quantitative estimate of drug-likeness (QED) is 0.450. The number of nitrogens with one attached hydrogen (secondary N) is 1. The van der Waals surface area contributed by atoms with Crippen LogP contribution < -0.4 is 19.5 Å². The van der Waals surface area contributed by atoms with E-state index in [9.17, 15) is 17.8 Å². The van der Waals surface area contributed by atoms with Crippen molar-refractivity contribution in [3.63, 3.8) is 0 Å². The Balaban J connectivity index is 1.51. The van der Waals surface area contributed by atoms with Crippen molar-refractivity contribution in [3.05, 3.63) is 64.4 Å². The maximum atomic E-state index is 13.6. The summed E-state index contributed by atoms with van der Waals surface area (Å²) in [6.07, 6.45) is 0.604. The number of benzene rings is 2. The first kappa shape index (κ1) is 24.9. The molecule has 1 aliphatic heterocycles. The summed E-state index contributed by atoms with van der Waals surface area (Å²) in [7, 11) is -0.277. The molecule has 184 valence electrons. The number of carbonyl (C=O) groups excluding carboxylic acids is 1. The average molecular weight is 523 g/mol. The predicted molar refractivity (Wildman–Crippen MR) is 127 cm³/mol. The second kappa shape index (κ2) is 11.0. The number of ether oxygens (including phenoxy) is 3. The van der Waals surface area contributed by atoms with Crippen LogP contribution in [0.4, 0.5) is 8.78 Å². The highest BCUT2D eigenvalue weighted by Crippen LogP contribution is 2.37. The van der Waals surface area contributed by atoms with Crippen LogP contribution in [-0.4, -0.2) is 48.0 Å². The van der Waals surface area contributed by atoms with Crippen molar-refractivity contribution in [2.75, 3.05) is 32.9 Å². The maximum absolute atomic E-state index is 13.6. The first-order valence-electron chi connectivity index (χ1n) is 10.6. The van der Waals surface area contributed by atoms with Gasteiger partial charge in [0.05, 0.1) is 29.5 Å². The number of hydrogen-bond donors (Lipinski definition) is 1. The van der Waals surface area contributed by atoms with Gasteiger partial charge in [0.15, 0.2) is 11.5 Å². The van der Waals surface area contributed by atoms with Crippen molar-refractivity contribution < 1.29 is 32.0 Å². The molecule has 1 atom stereocenters. The van der Waals surface area contributed by atoms with Crippen LogP contribution in [0.1, 0.15) is 15.9 Å². The Morgan fingerprint density at radius 3 is 2.80 bits per heavy atom. The molecule has 1 unspecified atom stereocenters. The Kier molecular flexibility index (Phi) is 7.82. The third-order valence-electron chi connectivity index (χ3n) is 5.19. The van der Waals surface area contributed by atoms with E-state index in [0.717, 1.165) is 5.56 Å².